The van der Waals surface area contributed by atoms with Crippen LogP contribution in [0.1, 0.15) is 22.6 Å². The lowest BCUT2D eigenvalue weighted by Gasteiger charge is -2.11. The number of nitrogens with one attached hydrogen (secondary N) is 1. The number of ether oxygens (including phenoxy) is 2. The number of methoxy groups -OCH3 is 1. The molecule has 1 aromatic heterocycles. The highest BCUT2D eigenvalue weighted by Gasteiger charge is 2.12. The van der Waals surface area contributed by atoms with Crippen LogP contribution < -0.4 is 14.8 Å². The second kappa shape index (κ2) is 10.9. The van der Waals surface area contributed by atoms with Crippen LogP contribution in [-0.2, 0) is 13.0 Å². The van der Waals surface area contributed by atoms with Gasteiger partial charge in [-0.25, -0.2) is 4.98 Å². The van der Waals surface area contributed by atoms with E-state index in [4.69, 9.17) is 26.1 Å². The number of aromatic nitrogens is 2. The molecule has 33 heavy (non-hydrogen) atoms. The number of benzene rings is 3. The van der Waals surface area contributed by atoms with Crippen molar-refractivity contribution in [3.05, 3.63) is 89.2 Å². The molecule has 0 atom stereocenters. The van der Waals surface area contributed by atoms with Gasteiger partial charge in [0.15, 0.2) is 0 Å². The van der Waals surface area contributed by atoms with Crippen LogP contribution in [0.5, 0.6) is 11.5 Å². The largest absolute Gasteiger partial charge is 0.497 e. The number of imidazole rings is 1. The first-order valence-corrected chi connectivity index (χ1v) is 11.3. The first kappa shape index (κ1) is 22.7. The third-order valence-corrected chi connectivity index (χ3v) is 5.67. The predicted molar refractivity (Wildman–Crippen MR) is 130 cm³/mol. The van der Waals surface area contributed by atoms with Crippen molar-refractivity contribution in [2.45, 2.75) is 19.4 Å². The Hall–Kier alpha value is -3.51. The Morgan fingerprint density at radius 3 is 2.52 bits per heavy atom. The smallest absolute Gasteiger partial charge is 0.252 e. The van der Waals surface area contributed by atoms with Gasteiger partial charge >= 0.3 is 0 Å². The summed E-state index contributed by atoms with van der Waals surface area (Å²) in [6.07, 6.45) is 1.44. The molecule has 0 saturated heterocycles. The molecule has 7 heteroatoms. The third kappa shape index (κ3) is 5.65. The zero-order valence-electron chi connectivity index (χ0n) is 18.5. The number of hydrogen-bond donors (Lipinski definition) is 1. The fraction of sp³-hybridized carbons (Fsp3) is 0.231. The van der Waals surface area contributed by atoms with Crippen molar-refractivity contribution < 1.29 is 14.3 Å². The van der Waals surface area contributed by atoms with E-state index in [1.54, 1.807) is 31.4 Å². The SMILES string of the molecule is COc1ccc(OCCCn2c(CCNC(=O)c3ccccc3Cl)nc3ccccc32)cc1. The Kier molecular flexibility index (Phi) is 7.47. The zero-order valence-corrected chi connectivity index (χ0v) is 19.2. The van der Waals surface area contributed by atoms with Crippen LogP contribution >= 0.6 is 11.6 Å². The minimum absolute atomic E-state index is 0.184. The summed E-state index contributed by atoms with van der Waals surface area (Å²) < 4.78 is 13.2. The van der Waals surface area contributed by atoms with E-state index in [1.165, 1.54) is 0 Å². The van der Waals surface area contributed by atoms with Crippen LogP contribution in [0.25, 0.3) is 11.0 Å². The van der Waals surface area contributed by atoms with Crippen LogP contribution in [0.15, 0.2) is 72.8 Å². The molecule has 1 amide bonds. The van der Waals surface area contributed by atoms with Crippen molar-refractivity contribution >= 4 is 28.5 Å². The third-order valence-electron chi connectivity index (χ3n) is 5.34. The second-order valence-corrected chi connectivity index (χ2v) is 7.94. The summed E-state index contributed by atoms with van der Waals surface area (Å²) >= 11 is 6.13. The van der Waals surface area contributed by atoms with Gasteiger partial charge in [0.2, 0.25) is 0 Å². The van der Waals surface area contributed by atoms with Crippen molar-refractivity contribution in [1.29, 1.82) is 0 Å². The summed E-state index contributed by atoms with van der Waals surface area (Å²) in [7, 11) is 1.64. The van der Waals surface area contributed by atoms with E-state index in [-0.39, 0.29) is 5.91 Å². The topological polar surface area (TPSA) is 65.4 Å². The normalized spacial score (nSPS) is 10.8. The summed E-state index contributed by atoms with van der Waals surface area (Å²) in [6, 6.07) is 22.7. The van der Waals surface area contributed by atoms with E-state index in [0.29, 0.717) is 30.2 Å². The monoisotopic (exact) mass is 463 g/mol. The van der Waals surface area contributed by atoms with Crippen molar-refractivity contribution in [2.24, 2.45) is 0 Å². The van der Waals surface area contributed by atoms with Crippen molar-refractivity contribution in [2.75, 3.05) is 20.3 Å². The number of halogens is 1. The Morgan fingerprint density at radius 2 is 1.73 bits per heavy atom. The number of para-hydroxylation sites is 2. The van der Waals surface area contributed by atoms with Gasteiger partial charge in [-0.3, -0.25) is 4.79 Å². The molecule has 1 N–H and O–H groups in total. The molecular weight excluding hydrogens is 438 g/mol. The maximum Gasteiger partial charge on any atom is 0.252 e. The summed E-state index contributed by atoms with van der Waals surface area (Å²) in [6.45, 7) is 1.82. The molecule has 0 aliphatic rings. The van der Waals surface area contributed by atoms with Crippen LogP contribution in [-0.4, -0.2) is 35.7 Å². The molecule has 1 heterocycles. The van der Waals surface area contributed by atoms with Gasteiger partial charge in [0.25, 0.3) is 5.91 Å². The number of carbonyl (C=O) groups excluding carboxylic acids is 1. The highest BCUT2D eigenvalue weighted by molar-refractivity contribution is 6.33. The second-order valence-electron chi connectivity index (χ2n) is 7.53. The molecule has 0 bridgehead atoms. The van der Waals surface area contributed by atoms with E-state index in [1.807, 2.05) is 42.5 Å². The van der Waals surface area contributed by atoms with Gasteiger partial charge in [-0.2, -0.15) is 0 Å². The van der Waals surface area contributed by atoms with E-state index >= 15 is 0 Å². The zero-order chi connectivity index (χ0) is 23.0. The summed E-state index contributed by atoms with van der Waals surface area (Å²) in [5.41, 5.74) is 2.50. The van der Waals surface area contributed by atoms with Crippen LogP contribution in [0, 0.1) is 0 Å². The molecule has 4 aromatic rings. The van der Waals surface area contributed by atoms with Gasteiger partial charge in [0.1, 0.15) is 17.3 Å². The Balaban J connectivity index is 1.36. The minimum atomic E-state index is -0.184. The van der Waals surface area contributed by atoms with Gasteiger partial charge in [-0.1, -0.05) is 35.9 Å². The lowest BCUT2D eigenvalue weighted by Crippen LogP contribution is -2.26. The van der Waals surface area contributed by atoms with Crippen molar-refractivity contribution in [3.63, 3.8) is 0 Å². The number of hydrogen-bond acceptors (Lipinski definition) is 4. The first-order valence-electron chi connectivity index (χ1n) is 10.9. The quantitative estimate of drug-likeness (QED) is 0.331. The molecule has 0 fully saturated rings. The van der Waals surface area contributed by atoms with Gasteiger partial charge in [0.05, 0.1) is 35.3 Å². The summed E-state index contributed by atoms with van der Waals surface area (Å²) in [5, 5.41) is 3.39. The number of amides is 1. The highest BCUT2D eigenvalue weighted by atomic mass is 35.5. The van der Waals surface area contributed by atoms with Crippen molar-refractivity contribution in [3.8, 4) is 11.5 Å². The van der Waals surface area contributed by atoms with E-state index < -0.39 is 0 Å². The minimum Gasteiger partial charge on any atom is -0.497 e. The lowest BCUT2D eigenvalue weighted by atomic mass is 10.2. The lowest BCUT2D eigenvalue weighted by molar-refractivity contribution is 0.0954. The van der Waals surface area contributed by atoms with Crippen LogP contribution in [0.4, 0.5) is 0 Å². The molecular formula is C26H26ClN3O3. The van der Waals surface area contributed by atoms with E-state index in [9.17, 15) is 4.79 Å². The van der Waals surface area contributed by atoms with Crippen LogP contribution in [0.2, 0.25) is 5.02 Å². The molecule has 0 aliphatic heterocycles. The molecule has 3 aromatic carbocycles. The fourth-order valence-electron chi connectivity index (χ4n) is 3.68. The van der Waals surface area contributed by atoms with Gasteiger partial charge in [-0.15, -0.1) is 0 Å². The number of nitrogens with zero attached hydrogens (tertiary/aromatic N) is 2. The summed E-state index contributed by atoms with van der Waals surface area (Å²) in [4.78, 5) is 17.2. The molecule has 170 valence electrons. The van der Waals surface area contributed by atoms with Crippen molar-refractivity contribution in [1.82, 2.24) is 14.9 Å². The average molecular weight is 464 g/mol. The Labute approximate surface area is 198 Å². The molecule has 0 saturated carbocycles. The Bertz CT molecular complexity index is 1220. The predicted octanol–water partition coefficient (Wildman–Crippen LogP) is 5.14. The number of carbonyl (C=O) groups is 1. The van der Waals surface area contributed by atoms with E-state index in [0.717, 1.165) is 41.3 Å². The number of aryl methyl sites for hydroxylation is 1. The van der Waals surface area contributed by atoms with E-state index in [2.05, 4.69) is 16.0 Å². The molecule has 0 aliphatic carbocycles. The number of rotatable bonds is 10. The first-order chi connectivity index (χ1) is 16.2. The standard InChI is InChI=1S/C26H26ClN3O3/c1-32-19-11-13-20(14-12-19)33-18-6-17-30-24-10-5-4-9-23(24)29-25(30)15-16-28-26(31)21-7-2-3-8-22(21)27/h2-5,7-14H,6,15-18H2,1H3,(H,28,31). The van der Waals surface area contributed by atoms with Gasteiger partial charge in [0, 0.05) is 19.5 Å². The van der Waals surface area contributed by atoms with Gasteiger partial charge in [-0.05, 0) is 55.0 Å². The molecule has 6 nitrogen and oxygen atoms in total. The average Bonchev–Trinajstić information content (AvgIpc) is 3.19. The molecule has 4 rings (SSSR count). The summed E-state index contributed by atoms with van der Waals surface area (Å²) in [5.74, 6) is 2.36. The van der Waals surface area contributed by atoms with Crippen LogP contribution in [0.3, 0.4) is 0 Å². The number of fused-ring (bicyclic) bond motifs is 1. The Morgan fingerprint density at radius 1 is 1.00 bits per heavy atom. The van der Waals surface area contributed by atoms with Gasteiger partial charge < -0.3 is 19.4 Å². The molecule has 0 radical (unpaired) electrons. The fourth-order valence-corrected chi connectivity index (χ4v) is 3.90. The molecule has 0 spiro atoms. The molecule has 0 unspecified atom stereocenters. The highest BCUT2D eigenvalue weighted by Crippen LogP contribution is 2.19. The maximum absolute atomic E-state index is 12.5. The maximum atomic E-state index is 12.5.